The Labute approximate surface area is 229 Å². The molecule has 0 fully saturated rings. The Balaban J connectivity index is 1.52. The van der Waals surface area contributed by atoms with E-state index < -0.39 is 18.0 Å². The molecule has 0 aromatic heterocycles. The molecule has 2 N–H and O–H groups in total. The fraction of sp³-hybridized carbons (Fsp3) is 0.312. The summed E-state index contributed by atoms with van der Waals surface area (Å²) in [6.45, 7) is 6.49. The highest BCUT2D eigenvalue weighted by Crippen LogP contribution is 2.44. The first-order chi connectivity index (χ1) is 18.9. The normalized spacial score (nSPS) is 15.0. The number of nitrogens with two attached hydrogens (primary N) is 1. The highest BCUT2D eigenvalue weighted by atomic mass is 16.6. The fourth-order valence-corrected chi connectivity index (χ4v) is 4.42. The number of benzene rings is 3. The number of hydrogen-bond donors (Lipinski definition) is 1. The Hall–Kier alpha value is -4.44. The van der Waals surface area contributed by atoms with Crippen LogP contribution in [0, 0.1) is 11.3 Å². The van der Waals surface area contributed by atoms with Crippen molar-refractivity contribution in [1.82, 2.24) is 0 Å². The number of rotatable bonds is 11. The summed E-state index contributed by atoms with van der Waals surface area (Å²) in [6, 6.07) is 22.5. The van der Waals surface area contributed by atoms with Gasteiger partial charge in [0.2, 0.25) is 5.88 Å². The lowest BCUT2D eigenvalue weighted by Gasteiger charge is -2.27. The molecule has 0 radical (unpaired) electrons. The van der Waals surface area contributed by atoms with E-state index in [1.165, 1.54) is 5.56 Å². The van der Waals surface area contributed by atoms with Gasteiger partial charge in [0.15, 0.2) is 6.10 Å². The van der Waals surface area contributed by atoms with Gasteiger partial charge in [-0.15, -0.1) is 0 Å². The molecule has 2 unspecified atom stereocenters. The number of fused-ring (bicyclic) bond motifs is 1. The van der Waals surface area contributed by atoms with Gasteiger partial charge < -0.3 is 24.7 Å². The number of nitrogens with zero attached hydrogens (tertiary/aromatic N) is 1. The summed E-state index contributed by atoms with van der Waals surface area (Å²) >= 11 is 0. The van der Waals surface area contributed by atoms with Gasteiger partial charge in [-0.25, -0.2) is 4.79 Å². The van der Waals surface area contributed by atoms with E-state index in [0.29, 0.717) is 23.7 Å². The maximum absolute atomic E-state index is 12.7. The Kier molecular flexibility index (Phi) is 9.11. The summed E-state index contributed by atoms with van der Waals surface area (Å²) in [4.78, 5) is 12.7. The maximum Gasteiger partial charge on any atom is 0.352 e. The number of ether oxygens (including phenoxy) is 4. The Morgan fingerprint density at radius 2 is 1.79 bits per heavy atom. The summed E-state index contributed by atoms with van der Waals surface area (Å²) in [7, 11) is 0. The third-order valence-electron chi connectivity index (χ3n) is 6.59. The van der Waals surface area contributed by atoms with Gasteiger partial charge in [-0.3, -0.25) is 0 Å². The van der Waals surface area contributed by atoms with Gasteiger partial charge in [0, 0.05) is 11.6 Å². The molecule has 0 saturated carbocycles. The number of nitriles is 1. The average Bonchev–Trinajstić information content (AvgIpc) is 2.95. The van der Waals surface area contributed by atoms with Crippen LogP contribution in [0.5, 0.6) is 23.0 Å². The molecule has 7 heteroatoms. The highest BCUT2D eigenvalue weighted by Gasteiger charge is 2.31. The second kappa shape index (κ2) is 12.9. The molecule has 1 heterocycles. The third kappa shape index (κ3) is 6.71. The Bertz CT molecular complexity index is 1370. The zero-order valence-electron chi connectivity index (χ0n) is 22.6. The predicted octanol–water partition coefficient (Wildman–Crippen LogP) is 6.41. The van der Waals surface area contributed by atoms with Crippen molar-refractivity contribution in [1.29, 1.82) is 5.26 Å². The van der Waals surface area contributed by atoms with Crippen LogP contribution in [0.25, 0.3) is 0 Å². The standard InChI is InChI=1S/C32H34N2O5/c1-4-6-7-17-36-25-10-8-9-23(18-25)30-27-16-15-26(19-29(27)39-31(34)28(30)20-33)38-32(35)21(3)37-24-13-11-22(5-2)12-14-24/h8-16,18-19,21,30H,4-7,17,34H2,1-3H3. The van der Waals surface area contributed by atoms with Crippen LogP contribution in [-0.4, -0.2) is 18.7 Å². The number of hydrogen-bond acceptors (Lipinski definition) is 7. The predicted molar refractivity (Wildman–Crippen MR) is 149 cm³/mol. The molecule has 39 heavy (non-hydrogen) atoms. The lowest BCUT2D eigenvalue weighted by Crippen LogP contribution is -2.28. The van der Waals surface area contributed by atoms with Crippen LogP contribution in [0.4, 0.5) is 0 Å². The minimum Gasteiger partial charge on any atom is -0.494 e. The molecule has 4 rings (SSSR count). The van der Waals surface area contributed by atoms with Crippen molar-refractivity contribution < 1.29 is 23.7 Å². The van der Waals surface area contributed by atoms with Crippen LogP contribution in [0.2, 0.25) is 0 Å². The third-order valence-corrected chi connectivity index (χ3v) is 6.59. The Morgan fingerprint density at radius 3 is 2.51 bits per heavy atom. The molecule has 0 spiro atoms. The van der Waals surface area contributed by atoms with Gasteiger partial charge in [-0.05, 0) is 61.2 Å². The topological polar surface area (TPSA) is 104 Å². The number of esters is 1. The van der Waals surface area contributed by atoms with Crippen molar-refractivity contribution in [2.24, 2.45) is 5.73 Å². The van der Waals surface area contributed by atoms with Crippen molar-refractivity contribution >= 4 is 5.97 Å². The molecule has 1 aliphatic rings. The smallest absolute Gasteiger partial charge is 0.352 e. The molecular weight excluding hydrogens is 492 g/mol. The van der Waals surface area contributed by atoms with Crippen molar-refractivity contribution in [3.63, 3.8) is 0 Å². The van der Waals surface area contributed by atoms with Crippen molar-refractivity contribution in [2.45, 2.75) is 58.5 Å². The van der Waals surface area contributed by atoms with E-state index in [9.17, 15) is 10.1 Å². The number of carbonyl (C=O) groups is 1. The van der Waals surface area contributed by atoms with Crippen LogP contribution in [0.15, 0.2) is 78.2 Å². The van der Waals surface area contributed by atoms with Crippen LogP contribution >= 0.6 is 0 Å². The van der Waals surface area contributed by atoms with E-state index in [1.807, 2.05) is 48.5 Å². The summed E-state index contributed by atoms with van der Waals surface area (Å²) in [5, 5.41) is 9.89. The van der Waals surface area contributed by atoms with Crippen LogP contribution in [0.3, 0.4) is 0 Å². The summed E-state index contributed by atoms with van der Waals surface area (Å²) in [5.41, 5.74) is 9.26. The molecule has 0 amide bonds. The van der Waals surface area contributed by atoms with E-state index in [1.54, 1.807) is 25.1 Å². The van der Waals surface area contributed by atoms with E-state index in [2.05, 4.69) is 19.9 Å². The second-order valence-corrected chi connectivity index (χ2v) is 9.43. The molecule has 3 aromatic rings. The minimum atomic E-state index is -0.822. The molecule has 0 aliphatic carbocycles. The fourth-order valence-electron chi connectivity index (χ4n) is 4.42. The SMILES string of the molecule is CCCCCOc1cccc(C2C(C#N)=C(N)Oc3cc(OC(=O)C(C)Oc4ccc(CC)cc4)ccc32)c1. The largest absolute Gasteiger partial charge is 0.494 e. The van der Waals surface area contributed by atoms with Gasteiger partial charge in [0.05, 0.1) is 12.5 Å². The summed E-state index contributed by atoms with van der Waals surface area (Å²) in [5.74, 6) is 1.05. The minimum absolute atomic E-state index is 0.0139. The molecule has 0 bridgehead atoms. The first-order valence-corrected chi connectivity index (χ1v) is 13.3. The number of aryl methyl sites for hydroxylation is 1. The Morgan fingerprint density at radius 1 is 1.03 bits per heavy atom. The molecular formula is C32H34N2O5. The zero-order valence-corrected chi connectivity index (χ0v) is 22.6. The molecule has 7 nitrogen and oxygen atoms in total. The molecule has 2 atom stereocenters. The van der Waals surface area contributed by atoms with Crippen molar-refractivity contribution in [3.05, 3.63) is 94.9 Å². The van der Waals surface area contributed by atoms with Crippen molar-refractivity contribution in [2.75, 3.05) is 6.61 Å². The number of unbranched alkanes of at least 4 members (excludes halogenated alkanes) is 2. The van der Waals surface area contributed by atoms with E-state index in [-0.39, 0.29) is 11.6 Å². The van der Waals surface area contributed by atoms with Gasteiger partial charge >= 0.3 is 5.97 Å². The first-order valence-electron chi connectivity index (χ1n) is 13.3. The van der Waals surface area contributed by atoms with Gasteiger partial charge in [-0.2, -0.15) is 5.26 Å². The maximum atomic E-state index is 12.7. The average molecular weight is 527 g/mol. The highest BCUT2D eigenvalue weighted by molar-refractivity contribution is 5.77. The number of carbonyl (C=O) groups excluding carboxylic acids is 1. The summed E-state index contributed by atoms with van der Waals surface area (Å²) < 4.78 is 23.1. The van der Waals surface area contributed by atoms with Gasteiger partial charge in [0.1, 0.15) is 34.6 Å². The van der Waals surface area contributed by atoms with Crippen LogP contribution in [-0.2, 0) is 11.2 Å². The van der Waals surface area contributed by atoms with E-state index in [0.717, 1.165) is 42.6 Å². The van der Waals surface area contributed by atoms with E-state index >= 15 is 0 Å². The molecule has 202 valence electrons. The molecule has 0 saturated heterocycles. The quantitative estimate of drug-likeness (QED) is 0.175. The van der Waals surface area contributed by atoms with Gasteiger partial charge in [0.25, 0.3) is 0 Å². The summed E-state index contributed by atoms with van der Waals surface area (Å²) in [6.07, 6.45) is 3.31. The first kappa shape index (κ1) is 27.6. The van der Waals surface area contributed by atoms with Crippen molar-refractivity contribution in [3.8, 4) is 29.1 Å². The number of allylic oxidation sites excluding steroid dienone is 1. The molecule has 3 aromatic carbocycles. The van der Waals surface area contributed by atoms with Gasteiger partial charge in [-0.1, -0.05) is 57.0 Å². The second-order valence-electron chi connectivity index (χ2n) is 9.43. The zero-order chi connectivity index (χ0) is 27.8. The van der Waals surface area contributed by atoms with E-state index in [4.69, 9.17) is 24.7 Å². The lowest BCUT2D eigenvalue weighted by molar-refractivity contribution is -0.141. The van der Waals surface area contributed by atoms with Crippen LogP contribution in [0.1, 0.15) is 62.6 Å². The monoisotopic (exact) mass is 526 g/mol. The van der Waals surface area contributed by atoms with Crippen LogP contribution < -0.4 is 24.7 Å². The lowest BCUT2D eigenvalue weighted by atomic mass is 9.83. The molecule has 1 aliphatic heterocycles.